The summed E-state index contributed by atoms with van der Waals surface area (Å²) < 4.78 is 0. The highest BCUT2D eigenvalue weighted by Gasteiger charge is 2.29. The summed E-state index contributed by atoms with van der Waals surface area (Å²) in [6.07, 6.45) is 6.23. The number of aryl methyl sites for hydroxylation is 1. The highest BCUT2D eigenvalue weighted by Crippen LogP contribution is 2.34. The molecule has 110 valence electrons. The molecule has 0 radical (unpaired) electrons. The van der Waals surface area contributed by atoms with E-state index in [9.17, 15) is 5.11 Å². The Morgan fingerprint density at radius 1 is 1.05 bits per heavy atom. The Bertz CT molecular complexity index is 406. The maximum absolute atomic E-state index is 10.3. The van der Waals surface area contributed by atoms with Gasteiger partial charge in [-0.3, -0.25) is 0 Å². The van der Waals surface area contributed by atoms with E-state index in [0.717, 1.165) is 30.4 Å². The lowest BCUT2D eigenvalue weighted by Crippen LogP contribution is -2.30. The van der Waals surface area contributed by atoms with E-state index >= 15 is 0 Å². The molecule has 0 aromatic heterocycles. The molecule has 1 aromatic rings. The molecule has 1 aromatic carbocycles. The maximum atomic E-state index is 10.3. The van der Waals surface area contributed by atoms with Gasteiger partial charge in [0, 0.05) is 19.6 Å². The van der Waals surface area contributed by atoms with E-state index in [0.29, 0.717) is 0 Å². The minimum atomic E-state index is -0.309. The molecule has 2 aliphatic carbocycles. The molecule has 2 fully saturated rings. The number of aliphatic hydroxyl groups excluding tert-OH is 1. The Hall–Kier alpha value is -0.860. The molecule has 0 saturated heterocycles. The normalized spacial score (nSPS) is 20.4. The van der Waals surface area contributed by atoms with E-state index in [1.807, 2.05) is 0 Å². The highest BCUT2D eigenvalue weighted by molar-refractivity contribution is 5.23. The fourth-order valence-electron chi connectivity index (χ4n) is 2.85. The number of aliphatic hydroxyl groups is 1. The van der Waals surface area contributed by atoms with Crippen molar-refractivity contribution in [1.82, 2.24) is 4.90 Å². The summed E-state index contributed by atoms with van der Waals surface area (Å²) >= 11 is 0. The van der Waals surface area contributed by atoms with Crippen LogP contribution < -0.4 is 0 Å². The molecule has 0 spiro atoms. The Kier molecular flexibility index (Phi) is 4.42. The van der Waals surface area contributed by atoms with E-state index in [4.69, 9.17) is 0 Å². The van der Waals surface area contributed by atoms with Crippen LogP contribution in [0.5, 0.6) is 0 Å². The van der Waals surface area contributed by atoms with Crippen molar-refractivity contribution in [2.24, 2.45) is 11.8 Å². The van der Waals surface area contributed by atoms with Crippen molar-refractivity contribution in [2.45, 2.75) is 45.1 Å². The van der Waals surface area contributed by atoms with Crippen LogP contribution in [0.25, 0.3) is 0 Å². The number of benzene rings is 1. The van der Waals surface area contributed by atoms with Gasteiger partial charge >= 0.3 is 0 Å². The van der Waals surface area contributed by atoms with E-state index in [-0.39, 0.29) is 6.10 Å². The average molecular weight is 273 g/mol. The molecular weight excluding hydrogens is 246 g/mol. The summed E-state index contributed by atoms with van der Waals surface area (Å²) in [5.74, 6) is 1.90. The summed E-state index contributed by atoms with van der Waals surface area (Å²) in [5, 5.41) is 10.3. The third-order valence-electron chi connectivity index (χ3n) is 4.61. The Labute approximate surface area is 122 Å². The summed E-state index contributed by atoms with van der Waals surface area (Å²) in [7, 11) is 0. The van der Waals surface area contributed by atoms with Gasteiger partial charge in [0.15, 0.2) is 0 Å². The molecule has 0 amide bonds. The van der Waals surface area contributed by atoms with Gasteiger partial charge < -0.3 is 10.0 Å². The molecule has 2 saturated carbocycles. The molecule has 20 heavy (non-hydrogen) atoms. The topological polar surface area (TPSA) is 23.5 Å². The largest absolute Gasteiger partial charge is 0.388 e. The zero-order chi connectivity index (χ0) is 13.9. The highest BCUT2D eigenvalue weighted by atomic mass is 16.3. The average Bonchev–Trinajstić information content (AvgIpc) is 3.32. The zero-order valence-corrected chi connectivity index (χ0v) is 12.6. The van der Waals surface area contributed by atoms with Gasteiger partial charge in [-0.05, 0) is 56.4 Å². The minimum absolute atomic E-state index is 0.309. The molecule has 2 nitrogen and oxygen atoms in total. The summed E-state index contributed by atoms with van der Waals surface area (Å²) in [6, 6.07) is 8.30. The first-order valence-electron chi connectivity index (χ1n) is 8.17. The van der Waals surface area contributed by atoms with Gasteiger partial charge in [0.2, 0.25) is 0 Å². The van der Waals surface area contributed by atoms with Crippen LogP contribution in [-0.4, -0.2) is 29.6 Å². The van der Waals surface area contributed by atoms with Crippen molar-refractivity contribution in [3.05, 3.63) is 35.4 Å². The van der Waals surface area contributed by atoms with Crippen LogP contribution in [-0.2, 0) is 0 Å². The van der Waals surface area contributed by atoms with Gasteiger partial charge in [0.25, 0.3) is 0 Å². The van der Waals surface area contributed by atoms with Gasteiger partial charge in [-0.1, -0.05) is 29.8 Å². The van der Waals surface area contributed by atoms with Crippen LogP contribution in [0.2, 0.25) is 0 Å². The monoisotopic (exact) mass is 273 g/mol. The SMILES string of the molecule is Cc1ccc(C(O)CCN(CC2CC2)CC2CC2)cc1. The van der Waals surface area contributed by atoms with Gasteiger partial charge in [-0.2, -0.15) is 0 Å². The van der Waals surface area contributed by atoms with Crippen LogP contribution in [0.15, 0.2) is 24.3 Å². The van der Waals surface area contributed by atoms with E-state index in [1.165, 1.54) is 44.3 Å². The summed E-state index contributed by atoms with van der Waals surface area (Å²) in [6.45, 7) is 5.65. The lowest BCUT2D eigenvalue weighted by molar-refractivity contribution is 0.138. The number of nitrogens with zero attached hydrogens (tertiary/aromatic N) is 1. The van der Waals surface area contributed by atoms with Crippen LogP contribution in [0.4, 0.5) is 0 Å². The van der Waals surface area contributed by atoms with E-state index in [1.54, 1.807) is 0 Å². The molecule has 1 unspecified atom stereocenters. The van der Waals surface area contributed by atoms with Crippen LogP contribution >= 0.6 is 0 Å². The first-order valence-corrected chi connectivity index (χ1v) is 8.17. The van der Waals surface area contributed by atoms with Crippen LogP contribution in [0, 0.1) is 18.8 Å². The molecule has 0 heterocycles. The minimum Gasteiger partial charge on any atom is -0.388 e. The van der Waals surface area contributed by atoms with Crippen LogP contribution in [0.3, 0.4) is 0 Å². The first kappa shape index (κ1) is 14.1. The zero-order valence-electron chi connectivity index (χ0n) is 12.6. The van der Waals surface area contributed by atoms with Crippen molar-refractivity contribution in [1.29, 1.82) is 0 Å². The molecule has 3 rings (SSSR count). The standard InChI is InChI=1S/C18H27NO/c1-14-2-8-17(9-3-14)18(20)10-11-19(12-15-4-5-15)13-16-6-7-16/h2-3,8-9,15-16,18,20H,4-7,10-13H2,1H3. The molecule has 1 N–H and O–H groups in total. The van der Waals surface area contributed by atoms with Crippen molar-refractivity contribution in [3.63, 3.8) is 0 Å². The second-order valence-corrected chi connectivity index (χ2v) is 6.86. The predicted octanol–water partition coefficient (Wildman–Crippen LogP) is 3.54. The number of hydrogen-bond donors (Lipinski definition) is 1. The second kappa shape index (κ2) is 6.28. The molecular formula is C18H27NO. The predicted molar refractivity (Wildman–Crippen MR) is 82.6 cm³/mol. The van der Waals surface area contributed by atoms with E-state index < -0.39 is 0 Å². The number of rotatable bonds is 8. The Balaban J connectivity index is 1.48. The third kappa shape index (κ3) is 4.32. The molecule has 0 bridgehead atoms. The molecule has 2 heteroatoms. The lowest BCUT2D eigenvalue weighted by Gasteiger charge is -2.23. The summed E-state index contributed by atoms with van der Waals surface area (Å²) in [4.78, 5) is 2.60. The van der Waals surface area contributed by atoms with Gasteiger partial charge in [-0.25, -0.2) is 0 Å². The van der Waals surface area contributed by atoms with Crippen molar-refractivity contribution in [2.75, 3.05) is 19.6 Å². The van der Waals surface area contributed by atoms with Gasteiger partial charge in [0.1, 0.15) is 0 Å². The molecule has 1 atom stereocenters. The van der Waals surface area contributed by atoms with Gasteiger partial charge in [0.05, 0.1) is 6.10 Å². The van der Waals surface area contributed by atoms with Crippen molar-refractivity contribution < 1.29 is 5.11 Å². The third-order valence-corrected chi connectivity index (χ3v) is 4.61. The fourth-order valence-corrected chi connectivity index (χ4v) is 2.85. The van der Waals surface area contributed by atoms with E-state index in [2.05, 4.69) is 36.1 Å². The maximum Gasteiger partial charge on any atom is 0.0802 e. The van der Waals surface area contributed by atoms with Crippen molar-refractivity contribution >= 4 is 0 Å². The number of hydrogen-bond acceptors (Lipinski definition) is 2. The molecule has 0 aliphatic heterocycles. The quantitative estimate of drug-likeness (QED) is 0.783. The first-order chi connectivity index (χ1) is 9.70. The summed E-state index contributed by atoms with van der Waals surface area (Å²) in [5.41, 5.74) is 2.32. The smallest absolute Gasteiger partial charge is 0.0802 e. The van der Waals surface area contributed by atoms with Crippen molar-refractivity contribution in [3.8, 4) is 0 Å². The molecule has 2 aliphatic rings. The van der Waals surface area contributed by atoms with Gasteiger partial charge in [-0.15, -0.1) is 0 Å². The lowest BCUT2D eigenvalue weighted by atomic mass is 10.0. The fraction of sp³-hybridized carbons (Fsp3) is 0.667. The Morgan fingerprint density at radius 3 is 2.10 bits per heavy atom. The second-order valence-electron chi connectivity index (χ2n) is 6.86. The van der Waals surface area contributed by atoms with Crippen LogP contribution in [0.1, 0.15) is 49.3 Å². The Morgan fingerprint density at radius 2 is 1.60 bits per heavy atom.